The first-order valence-electron chi connectivity index (χ1n) is 12.6. The maximum absolute atomic E-state index is 13.0. The second-order valence-electron chi connectivity index (χ2n) is 8.72. The van der Waals surface area contributed by atoms with E-state index in [1.54, 1.807) is 25.1 Å². The Labute approximate surface area is 221 Å². The van der Waals surface area contributed by atoms with Crippen molar-refractivity contribution in [2.75, 3.05) is 6.61 Å². The van der Waals surface area contributed by atoms with E-state index in [-0.39, 0.29) is 6.10 Å². The van der Waals surface area contributed by atoms with Gasteiger partial charge in [0.2, 0.25) is 0 Å². The summed E-state index contributed by atoms with van der Waals surface area (Å²) in [6, 6.07) is 16.1. The van der Waals surface area contributed by atoms with Gasteiger partial charge in [0.25, 0.3) is 0 Å². The van der Waals surface area contributed by atoms with Gasteiger partial charge in [-0.1, -0.05) is 43.7 Å². The Kier molecular flexibility index (Phi) is 10.3. The zero-order valence-electron chi connectivity index (χ0n) is 21.6. The van der Waals surface area contributed by atoms with Crippen molar-refractivity contribution >= 4 is 12.0 Å². The normalized spacial score (nSPS) is 12.3. The summed E-state index contributed by atoms with van der Waals surface area (Å²) in [5.41, 5.74) is 2.91. The predicted molar refractivity (Wildman–Crippen MR) is 144 cm³/mol. The van der Waals surface area contributed by atoms with Crippen molar-refractivity contribution in [1.82, 2.24) is 4.98 Å². The molecule has 0 aliphatic rings. The average Bonchev–Trinajstić information content (AvgIpc) is 2.91. The molecule has 0 saturated heterocycles. The molecule has 0 spiro atoms. The molecule has 0 bridgehead atoms. The number of alkyl halides is 3. The molecule has 2 aromatic carbocycles. The Morgan fingerprint density at radius 3 is 2.50 bits per heavy atom. The number of carbonyl (C=O) groups is 1. The molecule has 0 radical (unpaired) electrons. The van der Waals surface area contributed by atoms with Gasteiger partial charge in [-0.05, 0) is 79.8 Å². The molecule has 0 aliphatic heterocycles. The van der Waals surface area contributed by atoms with Gasteiger partial charge >= 0.3 is 12.1 Å². The lowest BCUT2D eigenvalue weighted by molar-refractivity contribution is -0.138. The number of carbonyl (C=O) groups excluding carboxylic acids is 1. The van der Waals surface area contributed by atoms with E-state index in [2.05, 4.69) is 13.5 Å². The summed E-state index contributed by atoms with van der Waals surface area (Å²) in [6.45, 7) is 8.01. The molecular weight excluding hydrogens is 491 g/mol. The van der Waals surface area contributed by atoms with Crippen molar-refractivity contribution in [3.05, 3.63) is 102 Å². The fourth-order valence-corrected chi connectivity index (χ4v) is 3.92. The number of ether oxygens (including phenoxy) is 2. The van der Waals surface area contributed by atoms with Crippen LogP contribution in [-0.4, -0.2) is 17.6 Å². The van der Waals surface area contributed by atoms with Gasteiger partial charge in [-0.25, -0.2) is 9.78 Å². The van der Waals surface area contributed by atoms with E-state index in [1.807, 2.05) is 30.3 Å². The monoisotopic (exact) mass is 523 g/mol. The van der Waals surface area contributed by atoms with Crippen molar-refractivity contribution in [3.8, 4) is 17.0 Å². The van der Waals surface area contributed by atoms with Gasteiger partial charge in [0.05, 0.1) is 23.6 Å². The van der Waals surface area contributed by atoms with Gasteiger partial charge in [-0.3, -0.25) is 0 Å². The maximum atomic E-state index is 13.0. The molecule has 3 rings (SSSR count). The van der Waals surface area contributed by atoms with E-state index >= 15 is 0 Å². The lowest BCUT2D eigenvalue weighted by Crippen LogP contribution is -2.11. The number of hydrogen-bond donors (Lipinski definition) is 0. The summed E-state index contributed by atoms with van der Waals surface area (Å²) >= 11 is 0. The third-order valence-corrected chi connectivity index (χ3v) is 5.84. The standard InChI is InChI=1S/C31H32F3NO3/c1-4-7-12-29(27-11-8-10-26(35-27)23-15-17-25(18-16-23)31(32,33)34)38-28-19-13-22(21-24(28)9-5-2)14-20-30(36)37-6-3/h5,8,10-11,13-21,29H,2,4,6-7,9,12H2,1,3H3/b20-14+. The van der Waals surface area contributed by atoms with Crippen LogP contribution in [0.25, 0.3) is 17.3 Å². The Balaban J connectivity index is 1.89. The lowest BCUT2D eigenvalue weighted by atomic mass is 10.0. The van der Waals surface area contributed by atoms with Gasteiger partial charge < -0.3 is 9.47 Å². The quantitative estimate of drug-likeness (QED) is 0.136. The van der Waals surface area contributed by atoms with E-state index < -0.39 is 17.7 Å². The van der Waals surface area contributed by atoms with Crippen molar-refractivity contribution in [3.63, 3.8) is 0 Å². The molecule has 1 aromatic heterocycles. The molecule has 4 nitrogen and oxygen atoms in total. The zero-order chi connectivity index (χ0) is 27.5. The summed E-state index contributed by atoms with van der Waals surface area (Å²) < 4.78 is 50.4. The van der Waals surface area contributed by atoms with Crippen molar-refractivity contribution in [2.45, 2.75) is 51.8 Å². The second-order valence-corrected chi connectivity index (χ2v) is 8.72. The van der Waals surface area contributed by atoms with Crippen LogP contribution in [0.5, 0.6) is 5.75 Å². The molecule has 1 unspecified atom stereocenters. The largest absolute Gasteiger partial charge is 0.484 e. The summed E-state index contributed by atoms with van der Waals surface area (Å²) in [5, 5.41) is 0. The SMILES string of the molecule is C=CCc1cc(/C=C/C(=O)OCC)ccc1OC(CCCC)c1cccc(-c2ccc(C(F)(F)F)cc2)n1. The van der Waals surface area contributed by atoms with Crippen LogP contribution >= 0.6 is 0 Å². The van der Waals surface area contributed by atoms with Gasteiger partial charge in [0.1, 0.15) is 11.9 Å². The van der Waals surface area contributed by atoms with E-state index in [9.17, 15) is 18.0 Å². The number of rotatable bonds is 12. The minimum absolute atomic E-state index is 0.310. The van der Waals surface area contributed by atoms with Crippen molar-refractivity contribution in [2.24, 2.45) is 0 Å². The third-order valence-electron chi connectivity index (χ3n) is 5.84. The average molecular weight is 524 g/mol. The topological polar surface area (TPSA) is 48.4 Å². The Morgan fingerprint density at radius 2 is 1.84 bits per heavy atom. The number of allylic oxidation sites excluding steroid dienone is 1. The molecule has 1 atom stereocenters. The first kappa shape index (κ1) is 28.7. The lowest BCUT2D eigenvalue weighted by Gasteiger charge is -2.21. The molecule has 200 valence electrons. The van der Waals surface area contributed by atoms with E-state index in [4.69, 9.17) is 14.5 Å². The Morgan fingerprint density at radius 1 is 1.08 bits per heavy atom. The first-order chi connectivity index (χ1) is 18.2. The Bertz CT molecular complexity index is 1250. The first-order valence-corrected chi connectivity index (χ1v) is 12.6. The van der Waals surface area contributed by atoms with Crippen LogP contribution in [0.1, 0.15) is 61.6 Å². The molecule has 3 aromatic rings. The molecule has 0 aliphatic carbocycles. The van der Waals surface area contributed by atoms with Gasteiger partial charge in [0.15, 0.2) is 0 Å². The van der Waals surface area contributed by atoms with Crippen LogP contribution in [0, 0.1) is 0 Å². The maximum Gasteiger partial charge on any atom is 0.416 e. The zero-order valence-corrected chi connectivity index (χ0v) is 21.6. The molecule has 1 heterocycles. The van der Waals surface area contributed by atoms with Crippen molar-refractivity contribution < 1.29 is 27.4 Å². The van der Waals surface area contributed by atoms with Crippen LogP contribution in [0.4, 0.5) is 13.2 Å². The minimum Gasteiger partial charge on any atom is -0.484 e. The molecule has 38 heavy (non-hydrogen) atoms. The van der Waals surface area contributed by atoms with Gasteiger partial charge in [-0.15, -0.1) is 6.58 Å². The molecule has 0 saturated carbocycles. The highest BCUT2D eigenvalue weighted by atomic mass is 19.4. The predicted octanol–water partition coefficient (Wildman–Crippen LogP) is 8.38. The molecule has 7 heteroatoms. The molecule has 0 amide bonds. The molecular formula is C31H32F3NO3. The number of benzene rings is 2. The van der Waals surface area contributed by atoms with Crippen LogP contribution < -0.4 is 4.74 Å². The van der Waals surface area contributed by atoms with E-state index in [1.165, 1.54) is 18.2 Å². The second kappa shape index (κ2) is 13.6. The molecule has 0 fully saturated rings. The Hall–Kier alpha value is -3.87. The van der Waals surface area contributed by atoms with Crippen LogP contribution in [0.2, 0.25) is 0 Å². The number of nitrogens with zero attached hydrogens (tertiary/aromatic N) is 1. The van der Waals surface area contributed by atoms with Gasteiger partial charge in [0, 0.05) is 11.6 Å². The highest BCUT2D eigenvalue weighted by Crippen LogP contribution is 2.33. The number of aromatic nitrogens is 1. The smallest absolute Gasteiger partial charge is 0.416 e. The van der Waals surface area contributed by atoms with Crippen LogP contribution in [0.15, 0.2) is 79.4 Å². The van der Waals surface area contributed by atoms with Crippen LogP contribution in [0.3, 0.4) is 0 Å². The van der Waals surface area contributed by atoms with E-state index in [0.717, 1.165) is 42.5 Å². The fourth-order valence-electron chi connectivity index (χ4n) is 3.92. The third kappa shape index (κ3) is 8.07. The number of unbranched alkanes of at least 4 members (excludes halogenated alkanes) is 1. The van der Waals surface area contributed by atoms with E-state index in [0.29, 0.717) is 35.7 Å². The van der Waals surface area contributed by atoms with Gasteiger partial charge in [-0.2, -0.15) is 13.2 Å². The fraction of sp³-hybridized carbons (Fsp3) is 0.290. The highest BCUT2D eigenvalue weighted by molar-refractivity contribution is 5.87. The summed E-state index contributed by atoms with van der Waals surface area (Å²) in [6.07, 6.45) is 3.29. The summed E-state index contributed by atoms with van der Waals surface area (Å²) in [4.78, 5) is 16.4. The summed E-state index contributed by atoms with van der Waals surface area (Å²) in [5.74, 6) is 0.276. The summed E-state index contributed by atoms with van der Waals surface area (Å²) in [7, 11) is 0. The number of esters is 1. The number of pyridine rings is 1. The van der Waals surface area contributed by atoms with Crippen molar-refractivity contribution in [1.29, 1.82) is 0 Å². The highest BCUT2D eigenvalue weighted by Gasteiger charge is 2.30. The molecule has 0 N–H and O–H groups in total. The number of halogens is 3. The minimum atomic E-state index is -4.39. The number of hydrogen-bond acceptors (Lipinski definition) is 4. The van der Waals surface area contributed by atoms with Crippen LogP contribution in [-0.2, 0) is 22.1 Å².